The van der Waals surface area contributed by atoms with Crippen LogP contribution in [0.1, 0.15) is 41.3 Å². The quantitative estimate of drug-likeness (QED) is 0.412. The van der Waals surface area contributed by atoms with Crippen molar-refractivity contribution in [1.82, 2.24) is 19.7 Å². The Kier molecular flexibility index (Phi) is 6.12. The standard InChI is InChI=1S/C26H27N5O3/c1-34-24-11-8-19(15-28-24)23(14-25(32)33)31-16-20-6-4-17(13-22(20)30-31)5-9-21-10-7-18-3-2-12-27-26(18)29-21/h4,6-8,10-11,13,15-16,23H,2-3,5,9,12,14H2,1H3,(H,27,29)(H,32,33). The Bertz CT molecular complexity index is 1320. The lowest BCUT2D eigenvalue weighted by Crippen LogP contribution is -2.16. The first-order chi connectivity index (χ1) is 16.6. The van der Waals surface area contributed by atoms with Crippen molar-refractivity contribution >= 4 is 22.7 Å². The van der Waals surface area contributed by atoms with Gasteiger partial charge < -0.3 is 15.2 Å². The van der Waals surface area contributed by atoms with Crippen molar-refractivity contribution in [2.75, 3.05) is 19.0 Å². The second-order valence-electron chi connectivity index (χ2n) is 8.59. The number of fused-ring (bicyclic) bond motifs is 2. The number of nitrogens with one attached hydrogen (secondary N) is 1. The smallest absolute Gasteiger partial charge is 0.305 e. The molecule has 8 heteroatoms. The van der Waals surface area contributed by atoms with Crippen molar-refractivity contribution in [2.45, 2.75) is 38.1 Å². The summed E-state index contributed by atoms with van der Waals surface area (Å²) in [5.41, 5.74) is 5.15. The van der Waals surface area contributed by atoms with Crippen LogP contribution < -0.4 is 10.1 Å². The lowest BCUT2D eigenvalue weighted by molar-refractivity contribution is -0.137. The monoisotopic (exact) mass is 457 g/mol. The van der Waals surface area contributed by atoms with Gasteiger partial charge in [0.1, 0.15) is 5.82 Å². The number of carbonyl (C=O) groups is 1. The van der Waals surface area contributed by atoms with Crippen LogP contribution in [0.15, 0.2) is 54.9 Å². The molecular formula is C26H27N5O3. The molecule has 8 nitrogen and oxygen atoms in total. The minimum absolute atomic E-state index is 0.0904. The second kappa shape index (κ2) is 9.51. The molecule has 0 amide bonds. The van der Waals surface area contributed by atoms with Crippen molar-refractivity contribution in [3.05, 3.63) is 77.2 Å². The summed E-state index contributed by atoms with van der Waals surface area (Å²) >= 11 is 0. The van der Waals surface area contributed by atoms with Crippen LogP contribution in [-0.2, 0) is 24.1 Å². The van der Waals surface area contributed by atoms with Crippen molar-refractivity contribution in [3.8, 4) is 5.88 Å². The summed E-state index contributed by atoms with van der Waals surface area (Å²) in [6.07, 6.45) is 7.40. The third kappa shape index (κ3) is 4.71. The molecule has 1 aliphatic rings. The maximum absolute atomic E-state index is 11.6. The number of nitrogens with zero attached hydrogens (tertiary/aromatic N) is 4. The number of benzene rings is 1. The number of carboxylic acids is 1. The van der Waals surface area contributed by atoms with E-state index in [4.69, 9.17) is 14.8 Å². The molecule has 1 aliphatic heterocycles. The van der Waals surface area contributed by atoms with Crippen LogP contribution in [0.4, 0.5) is 5.82 Å². The molecule has 4 aromatic rings. The van der Waals surface area contributed by atoms with Gasteiger partial charge in [0.05, 0.1) is 25.1 Å². The predicted octanol–water partition coefficient (Wildman–Crippen LogP) is 4.04. The number of hydrogen-bond acceptors (Lipinski definition) is 6. The first kappa shape index (κ1) is 21.9. The molecular weight excluding hydrogens is 430 g/mol. The van der Waals surface area contributed by atoms with Gasteiger partial charge in [-0.1, -0.05) is 18.2 Å². The summed E-state index contributed by atoms with van der Waals surface area (Å²) in [6.45, 7) is 0.984. The molecule has 5 rings (SSSR count). The van der Waals surface area contributed by atoms with E-state index >= 15 is 0 Å². The fourth-order valence-electron chi connectivity index (χ4n) is 4.42. The molecule has 0 aliphatic carbocycles. The molecule has 0 bridgehead atoms. The van der Waals surface area contributed by atoms with E-state index in [1.165, 1.54) is 11.1 Å². The van der Waals surface area contributed by atoms with E-state index in [1.54, 1.807) is 24.1 Å². The van der Waals surface area contributed by atoms with E-state index in [0.717, 1.165) is 60.2 Å². The van der Waals surface area contributed by atoms with Gasteiger partial charge in [0.2, 0.25) is 5.88 Å². The molecule has 0 radical (unpaired) electrons. The second-order valence-corrected chi connectivity index (χ2v) is 8.59. The first-order valence-corrected chi connectivity index (χ1v) is 11.5. The Morgan fingerprint density at radius 2 is 2.12 bits per heavy atom. The van der Waals surface area contributed by atoms with E-state index in [1.807, 2.05) is 18.3 Å². The summed E-state index contributed by atoms with van der Waals surface area (Å²) < 4.78 is 6.85. The normalized spacial score (nSPS) is 13.8. The Balaban J connectivity index is 1.36. The van der Waals surface area contributed by atoms with Crippen LogP contribution >= 0.6 is 0 Å². The highest BCUT2D eigenvalue weighted by molar-refractivity contribution is 5.79. The maximum atomic E-state index is 11.6. The fraction of sp³-hybridized carbons (Fsp3) is 0.308. The largest absolute Gasteiger partial charge is 0.481 e. The lowest BCUT2D eigenvalue weighted by atomic mass is 10.0. The van der Waals surface area contributed by atoms with Crippen LogP contribution in [0.5, 0.6) is 5.88 Å². The number of anilines is 1. The minimum Gasteiger partial charge on any atom is -0.481 e. The minimum atomic E-state index is -0.895. The Labute approximate surface area is 197 Å². The van der Waals surface area contributed by atoms with Crippen molar-refractivity contribution in [2.24, 2.45) is 0 Å². The zero-order chi connectivity index (χ0) is 23.5. The Hall–Kier alpha value is -3.94. The van der Waals surface area contributed by atoms with E-state index in [2.05, 4.69) is 34.6 Å². The van der Waals surface area contributed by atoms with Gasteiger partial charge >= 0.3 is 5.97 Å². The van der Waals surface area contributed by atoms with E-state index < -0.39 is 12.0 Å². The first-order valence-electron chi connectivity index (χ1n) is 11.5. The zero-order valence-electron chi connectivity index (χ0n) is 19.1. The van der Waals surface area contributed by atoms with Gasteiger partial charge in [-0.25, -0.2) is 9.97 Å². The fourth-order valence-corrected chi connectivity index (χ4v) is 4.42. The van der Waals surface area contributed by atoms with Gasteiger partial charge in [0, 0.05) is 36.1 Å². The summed E-state index contributed by atoms with van der Waals surface area (Å²) in [4.78, 5) is 20.6. The molecule has 3 aromatic heterocycles. The number of aryl methyl sites for hydroxylation is 3. The molecule has 1 atom stereocenters. The molecule has 0 saturated carbocycles. The molecule has 2 N–H and O–H groups in total. The Morgan fingerprint density at radius 3 is 2.91 bits per heavy atom. The average molecular weight is 458 g/mol. The number of aliphatic carboxylic acids is 1. The van der Waals surface area contributed by atoms with Gasteiger partial charge in [-0.2, -0.15) is 5.10 Å². The van der Waals surface area contributed by atoms with Crippen LogP contribution in [-0.4, -0.2) is 44.5 Å². The van der Waals surface area contributed by atoms with Crippen molar-refractivity contribution in [1.29, 1.82) is 0 Å². The van der Waals surface area contributed by atoms with Gasteiger partial charge in [0.25, 0.3) is 0 Å². The van der Waals surface area contributed by atoms with Crippen LogP contribution in [0.3, 0.4) is 0 Å². The highest BCUT2D eigenvalue weighted by atomic mass is 16.5. The average Bonchev–Trinajstić information content (AvgIpc) is 3.29. The molecule has 1 unspecified atom stereocenters. The summed E-state index contributed by atoms with van der Waals surface area (Å²) in [7, 11) is 1.55. The van der Waals surface area contributed by atoms with Crippen LogP contribution in [0.2, 0.25) is 0 Å². The lowest BCUT2D eigenvalue weighted by Gasteiger charge is -2.17. The predicted molar refractivity (Wildman–Crippen MR) is 129 cm³/mol. The number of methoxy groups -OCH3 is 1. The van der Waals surface area contributed by atoms with E-state index in [0.29, 0.717) is 5.88 Å². The molecule has 174 valence electrons. The number of ether oxygens (including phenoxy) is 1. The van der Waals surface area contributed by atoms with Gasteiger partial charge in [0.15, 0.2) is 0 Å². The van der Waals surface area contributed by atoms with Crippen LogP contribution in [0.25, 0.3) is 10.9 Å². The number of pyridine rings is 2. The summed E-state index contributed by atoms with van der Waals surface area (Å²) in [5, 5.41) is 18.6. The summed E-state index contributed by atoms with van der Waals surface area (Å²) in [6, 6.07) is 13.6. The Morgan fingerprint density at radius 1 is 1.21 bits per heavy atom. The third-order valence-corrected chi connectivity index (χ3v) is 6.25. The van der Waals surface area contributed by atoms with E-state index in [9.17, 15) is 9.90 Å². The molecule has 0 spiro atoms. The molecule has 4 heterocycles. The molecule has 0 fully saturated rings. The number of rotatable bonds is 8. The number of hydrogen-bond donors (Lipinski definition) is 2. The third-order valence-electron chi connectivity index (χ3n) is 6.25. The molecule has 34 heavy (non-hydrogen) atoms. The van der Waals surface area contributed by atoms with Gasteiger partial charge in [-0.15, -0.1) is 0 Å². The van der Waals surface area contributed by atoms with Gasteiger partial charge in [-0.3, -0.25) is 9.48 Å². The molecule has 1 aromatic carbocycles. The van der Waals surface area contributed by atoms with Crippen molar-refractivity contribution in [3.63, 3.8) is 0 Å². The van der Waals surface area contributed by atoms with Crippen molar-refractivity contribution < 1.29 is 14.6 Å². The zero-order valence-corrected chi connectivity index (χ0v) is 19.1. The topological polar surface area (TPSA) is 102 Å². The summed E-state index contributed by atoms with van der Waals surface area (Å²) in [5.74, 6) is 0.612. The van der Waals surface area contributed by atoms with Crippen LogP contribution in [0, 0.1) is 0 Å². The molecule has 0 saturated heterocycles. The van der Waals surface area contributed by atoms with E-state index in [-0.39, 0.29) is 6.42 Å². The number of carboxylic acid groups (broad SMARTS) is 1. The van der Waals surface area contributed by atoms with Gasteiger partial charge in [-0.05, 0) is 60.6 Å². The highest BCUT2D eigenvalue weighted by Gasteiger charge is 2.20. The number of aromatic nitrogens is 4. The maximum Gasteiger partial charge on any atom is 0.305 e. The highest BCUT2D eigenvalue weighted by Crippen LogP contribution is 2.26. The SMILES string of the molecule is COc1ccc(C(CC(=O)O)n2cc3ccc(CCc4ccc5c(n4)NCCC5)cc3n2)cn1.